The minimum absolute atomic E-state index is 0.0310. The molecular weight excluding hydrogens is 268 g/mol. The number of hydrogen-bond acceptors (Lipinski definition) is 3. The number of aromatic amines is 1. The monoisotopic (exact) mass is 284 g/mol. The Hall–Kier alpha value is -2.40. The molecule has 2 aromatic rings. The first-order valence-electron chi connectivity index (χ1n) is 6.87. The van der Waals surface area contributed by atoms with Gasteiger partial charge >= 0.3 is 5.97 Å². The van der Waals surface area contributed by atoms with E-state index in [0.717, 1.165) is 29.7 Å². The number of carbonyl (C=O) groups is 1. The second-order valence-electron chi connectivity index (χ2n) is 5.28. The average molecular weight is 284 g/mol. The third-order valence-electron chi connectivity index (χ3n) is 3.82. The Kier molecular flexibility index (Phi) is 3.58. The van der Waals surface area contributed by atoms with Crippen LogP contribution in [0, 0.1) is 0 Å². The molecule has 21 heavy (non-hydrogen) atoms. The van der Waals surface area contributed by atoms with Gasteiger partial charge in [0.25, 0.3) is 5.56 Å². The molecular formula is C16H16N2O3. The molecule has 0 bridgehead atoms. The molecule has 2 heterocycles. The van der Waals surface area contributed by atoms with E-state index in [0.29, 0.717) is 18.7 Å². The minimum Gasteiger partial charge on any atom is -0.478 e. The van der Waals surface area contributed by atoms with Crippen molar-refractivity contribution in [3.05, 3.63) is 69.1 Å². The molecule has 3 rings (SSSR count). The molecule has 108 valence electrons. The van der Waals surface area contributed by atoms with Gasteiger partial charge in [-0.25, -0.2) is 4.79 Å². The summed E-state index contributed by atoms with van der Waals surface area (Å²) in [6.07, 6.45) is 2.53. The lowest BCUT2D eigenvalue weighted by molar-refractivity contribution is 0.0696. The van der Waals surface area contributed by atoms with Gasteiger partial charge in [-0.1, -0.05) is 12.1 Å². The van der Waals surface area contributed by atoms with Crippen molar-refractivity contribution in [1.82, 2.24) is 9.88 Å². The highest BCUT2D eigenvalue weighted by atomic mass is 16.4. The topological polar surface area (TPSA) is 73.4 Å². The largest absolute Gasteiger partial charge is 0.478 e. The van der Waals surface area contributed by atoms with Crippen LogP contribution in [-0.4, -0.2) is 27.5 Å². The standard InChI is InChI=1S/C16H16N2O3/c19-15-14-10-18(7-5-12(14)4-6-17-15)9-11-2-1-3-13(8-11)16(20)21/h1-4,6,8H,5,7,9-10H2,(H,17,19)(H,20,21). The molecule has 5 heteroatoms. The van der Waals surface area contributed by atoms with Gasteiger partial charge in [-0.2, -0.15) is 0 Å². The zero-order valence-electron chi connectivity index (χ0n) is 11.5. The second-order valence-corrected chi connectivity index (χ2v) is 5.28. The number of aromatic carboxylic acids is 1. The summed E-state index contributed by atoms with van der Waals surface area (Å²) in [7, 11) is 0. The van der Waals surface area contributed by atoms with Gasteiger partial charge in [-0.3, -0.25) is 9.69 Å². The van der Waals surface area contributed by atoms with Gasteiger partial charge in [0.05, 0.1) is 5.56 Å². The van der Waals surface area contributed by atoms with Crippen molar-refractivity contribution in [1.29, 1.82) is 0 Å². The zero-order valence-corrected chi connectivity index (χ0v) is 11.5. The van der Waals surface area contributed by atoms with E-state index in [1.807, 2.05) is 12.1 Å². The first kappa shape index (κ1) is 13.6. The molecule has 0 atom stereocenters. The number of nitrogens with one attached hydrogen (secondary N) is 1. The third kappa shape index (κ3) is 2.87. The smallest absolute Gasteiger partial charge is 0.335 e. The predicted octanol–water partition coefficient (Wildman–Crippen LogP) is 1.63. The minimum atomic E-state index is -0.919. The molecule has 1 aliphatic heterocycles. The molecule has 2 N–H and O–H groups in total. The van der Waals surface area contributed by atoms with Gasteiger partial charge < -0.3 is 10.1 Å². The van der Waals surface area contributed by atoms with E-state index < -0.39 is 5.97 Å². The Morgan fingerprint density at radius 2 is 2.19 bits per heavy atom. The number of aromatic nitrogens is 1. The highest BCUT2D eigenvalue weighted by Crippen LogP contribution is 2.17. The maximum Gasteiger partial charge on any atom is 0.335 e. The Balaban J connectivity index is 1.78. The fourth-order valence-electron chi connectivity index (χ4n) is 2.74. The fourth-order valence-corrected chi connectivity index (χ4v) is 2.74. The molecule has 0 unspecified atom stereocenters. The SMILES string of the molecule is O=C(O)c1cccc(CN2CCc3cc[nH]c(=O)c3C2)c1. The first-order chi connectivity index (χ1) is 10.1. The van der Waals surface area contributed by atoms with Crippen LogP contribution in [0.1, 0.15) is 27.0 Å². The van der Waals surface area contributed by atoms with E-state index in [9.17, 15) is 9.59 Å². The van der Waals surface area contributed by atoms with E-state index in [-0.39, 0.29) is 5.56 Å². The molecule has 0 amide bonds. The number of pyridine rings is 1. The number of carboxylic acids is 1. The molecule has 0 saturated carbocycles. The summed E-state index contributed by atoms with van der Waals surface area (Å²) in [5.41, 5.74) is 3.14. The zero-order chi connectivity index (χ0) is 14.8. The van der Waals surface area contributed by atoms with Gasteiger partial charge in [0.15, 0.2) is 0 Å². The lowest BCUT2D eigenvalue weighted by Crippen LogP contribution is -2.34. The van der Waals surface area contributed by atoms with E-state index in [1.54, 1.807) is 24.4 Å². The Morgan fingerprint density at radius 3 is 3.00 bits per heavy atom. The maximum absolute atomic E-state index is 11.8. The Bertz CT molecular complexity index is 736. The summed E-state index contributed by atoms with van der Waals surface area (Å²) >= 11 is 0. The summed E-state index contributed by atoms with van der Waals surface area (Å²) in [5, 5.41) is 9.02. The van der Waals surface area contributed by atoms with E-state index in [2.05, 4.69) is 9.88 Å². The summed E-state index contributed by atoms with van der Waals surface area (Å²) in [4.78, 5) is 27.7. The number of nitrogens with zero attached hydrogens (tertiary/aromatic N) is 1. The van der Waals surface area contributed by atoms with Crippen LogP contribution in [0.5, 0.6) is 0 Å². The highest BCUT2D eigenvalue weighted by Gasteiger charge is 2.18. The number of carboxylic acid groups (broad SMARTS) is 1. The molecule has 0 spiro atoms. The van der Waals surface area contributed by atoms with Gasteiger partial charge in [-0.05, 0) is 35.7 Å². The van der Waals surface area contributed by atoms with Crippen molar-refractivity contribution < 1.29 is 9.90 Å². The van der Waals surface area contributed by atoms with Crippen molar-refractivity contribution in [3.8, 4) is 0 Å². The van der Waals surface area contributed by atoms with Gasteiger partial charge in [0.1, 0.15) is 0 Å². The second kappa shape index (κ2) is 5.54. The van der Waals surface area contributed by atoms with Crippen molar-refractivity contribution in [2.24, 2.45) is 0 Å². The number of H-pyrrole nitrogens is 1. The van der Waals surface area contributed by atoms with Gasteiger partial charge in [0, 0.05) is 31.4 Å². The van der Waals surface area contributed by atoms with Crippen LogP contribution in [-0.2, 0) is 19.5 Å². The summed E-state index contributed by atoms with van der Waals surface area (Å²) in [5.74, 6) is -0.919. The molecule has 1 aromatic heterocycles. The van der Waals surface area contributed by atoms with Crippen LogP contribution in [0.4, 0.5) is 0 Å². The number of rotatable bonds is 3. The van der Waals surface area contributed by atoms with Crippen LogP contribution >= 0.6 is 0 Å². The normalized spacial score (nSPS) is 14.7. The molecule has 0 radical (unpaired) electrons. The molecule has 0 saturated heterocycles. The number of benzene rings is 1. The van der Waals surface area contributed by atoms with Crippen LogP contribution in [0.15, 0.2) is 41.3 Å². The van der Waals surface area contributed by atoms with Crippen molar-refractivity contribution in [2.75, 3.05) is 6.54 Å². The average Bonchev–Trinajstić information content (AvgIpc) is 2.48. The van der Waals surface area contributed by atoms with Crippen molar-refractivity contribution >= 4 is 5.97 Å². The number of hydrogen-bond donors (Lipinski definition) is 2. The van der Waals surface area contributed by atoms with Crippen LogP contribution in [0.25, 0.3) is 0 Å². The Morgan fingerprint density at radius 1 is 1.33 bits per heavy atom. The van der Waals surface area contributed by atoms with E-state index in [1.165, 1.54) is 0 Å². The molecule has 1 aromatic carbocycles. The summed E-state index contributed by atoms with van der Waals surface area (Å²) in [6.45, 7) is 2.12. The van der Waals surface area contributed by atoms with Crippen LogP contribution in [0.3, 0.4) is 0 Å². The fraction of sp³-hybridized carbons (Fsp3) is 0.250. The van der Waals surface area contributed by atoms with Crippen molar-refractivity contribution in [2.45, 2.75) is 19.5 Å². The summed E-state index contributed by atoms with van der Waals surface area (Å²) < 4.78 is 0. The molecule has 0 fully saturated rings. The predicted molar refractivity (Wildman–Crippen MR) is 78.3 cm³/mol. The first-order valence-corrected chi connectivity index (χ1v) is 6.87. The quantitative estimate of drug-likeness (QED) is 0.898. The number of fused-ring (bicyclic) bond motifs is 1. The lowest BCUT2D eigenvalue weighted by atomic mass is 10.0. The van der Waals surface area contributed by atoms with Crippen LogP contribution in [0.2, 0.25) is 0 Å². The van der Waals surface area contributed by atoms with Gasteiger partial charge in [-0.15, -0.1) is 0 Å². The Labute approximate surface area is 121 Å². The van der Waals surface area contributed by atoms with Crippen molar-refractivity contribution in [3.63, 3.8) is 0 Å². The summed E-state index contributed by atoms with van der Waals surface area (Å²) in [6, 6.07) is 8.90. The van der Waals surface area contributed by atoms with Gasteiger partial charge in [0.2, 0.25) is 0 Å². The third-order valence-corrected chi connectivity index (χ3v) is 3.82. The van der Waals surface area contributed by atoms with Crippen LogP contribution < -0.4 is 5.56 Å². The maximum atomic E-state index is 11.8. The highest BCUT2D eigenvalue weighted by molar-refractivity contribution is 5.87. The lowest BCUT2D eigenvalue weighted by Gasteiger charge is -2.28. The molecule has 1 aliphatic rings. The molecule has 0 aliphatic carbocycles. The van der Waals surface area contributed by atoms with E-state index in [4.69, 9.17) is 5.11 Å². The molecule has 5 nitrogen and oxygen atoms in total. The van der Waals surface area contributed by atoms with E-state index >= 15 is 0 Å².